The number of rotatable bonds is 3. The van der Waals surface area contributed by atoms with Gasteiger partial charge in [0.05, 0.1) is 17.8 Å². The van der Waals surface area contributed by atoms with E-state index in [1.54, 1.807) is 0 Å². The van der Waals surface area contributed by atoms with E-state index in [9.17, 15) is 0 Å². The van der Waals surface area contributed by atoms with Gasteiger partial charge in [-0.1, -0.05) is 6.07 Å². The monoisotopic (exact) mass is 440 g/mol. The zero-order valence-corrected chi connectivity index (χ0v) is 16.7. The van der Waals surface area contributed by atoms with Gasteiger partial charge in [0.1, 0.15) is 0 Å². The highest BCUT2D eigenvalue weighted by molar-refractivity contribution is 14.1. The number of halogens is 1. The predicted molar refractivity (Wildman–Crippen MR) is 105 cm³/mol. The Hall–Kier alpha value is -1.15. The van der Waals surface area contributed by atoms with Gasteiger partial charge in [0.25, 0.3) is 0 Å². The van der Waals surface area contributed by atoms with Gasteiger partial charge in [-0.05, 0) is 74.6 Å². The Balaban J connectivity index is 2.15. The quantitative estimate of drug-likeness (QED) is 0.559. The van der Waals surface area contributed by atoms with Crippen molar-refractivity contribution in [2.24, 2.45) is 0 Å². The molecule has 1 saturated heterocycles. The zero-order chi connectivity index (χ0) is 16.7. The molecule has 2 aromatic rings. The first-order valence-corrected chi connectivity index (χ1v) is 9.24. The van der Waals surface area contributed by atoms with Crippen molar-refractivity contribution < 1.29 is 0 Å². The molecule has 0 unspecified atom stereocenters. The van der Waals surface area contributed by atoms with Crippen molar-refractivity contribution in [1.82, 2.24) is 20.2 Å². The predicted octanol–water partition coefficient (Wildman–Crippen LogP) is 4.01. The first-order chi connectivity index (χ1) is 10.9. The summed E-state index contributed by atoms with van der Waals surface area (Å²) in [5.74, 6) is 0. The van der Waals surface area contributed by atoms with Crippen molar-refractivity contribution in [3.05, 3.63) is 50.6 Å². The molecule has 1 aliphatic heterocycles. The number of aryl methyl sites for hydroxylation is 2. The lowest BCUT2D eigenvalue weighted by Gasteiger charge is -2.31. The summed E-state index contributed by atoms with van der Waals surface area (Å²) < 4.78 is 1.28. The Kier molecular flexibility index (Phi) is 4.64. The fraction of sp³-hybridized carbons (Fsp3) is 0.412. The van der Waals surface area contributed by atoms with Crippen LogP contribution in [0.4, 0.5) is 0 Å². The van der Waals surface area contributed by atoms with Crippen LogP contribution in [0, 0.1) is 17.4 Å². The van der Waals surface area contributed by atoms with Gasteiger partial charge in [0.2, 0.25) is 0 Å². The summed E-state index contributed by atoms with van der Waals surface area (Å²) in [7, 11) is 0. The normalized spacial score (nSPS) is 21.1. The van der Waals surface area contributed by atoms with E-state index in [0.717, 1.165) is 10.8 Å². The van der Waals surface area contributed by atoms with E-state index in [0.29, 0.717) is 6.04 Å². The highest BCUT2D eigenvalue weighted by atomic mass is 127. The van der Waals surface area contributed by atoms with Crippen molar-refractivity contribution in [2.75, 3.05) is 0 Å². The topological polar surface area (TPSA) is 44.0 Å². The van der Waals surface area contributed by atoms with Gasteiger partial charge in [-0.3, -0.25) is 4.98 Å². The van der Waals surface area contributed by atoms with Gasteiger partial charge < -0.3 is 15.2 Å². The molecule has 0 spiro atoms. The second-order valence-electron chi connectivity index (χ2n) is 6.23. The number of hydrogen-bond donors (Lipinski definition) is 2. The van der Waals surface area contributed by atoms with Crippen LogP contribution in [-0.4, -0.2) is 26.0 Å². The summed E-state index contributed by atoms with van der Waals surface area (Å²) in [6, 6.07) is 6.57. The van der Waals surface area contributed by atoms with E-state index >= 15 is 0 Å². The van der Waals surface area contributed by atoms with Gasteiger partial charge in [-0.2, -0.15) is 0 Å². The van der Waals surface area contributed by atoms with E-state index < -0.39 is 0 Å². The molecule has 1 fully saturated rings. The van der Waals surface area contributed by atoms with Crippen molar-refractivity contribution in [1.29, 1.82) is 0 Å². The lowest BCUT2D eigenvalue weighted by Crippen LogP contribution is -2.35. The Morgan fingerprint density at radius 1 is 1.26 bits per heavy atom. The molecule has 4 nitrogen and oxygen atoms in total. The molecule has 0 saturated carbocycles. The largest absolute Gasteiger partial charge is 0.362 e. The number of pyridine rings is 1. The van der Waals surface area contributed by atoms with Crippen LogP contribution in [0.15, 0.2) is 24.4 Å². The zero-order valence-electron chi connectivity index (χ0n) is 13.7. The molecular formula is C17H21IN4S. The third-order valence-corrected chi connectivity index (χ3v) is 6.05. The Morgan fingerprint density at radius 3 is 2.52 bits per heavy atom. The van der Waals surface area contributed by atoms with E-state index in [2.05, 4.69) is 76.5 Å². The Labute approximate surface area is 156 Å². The third-order valence-electron chi connectivity index (χ3n) is 4.33. The Morgan fingerprint density at radius 2 is 2.00 bits per heavy atom. The van der Waals surface area contributed by atoms with Crippen LogP contribution in [-0.2, 0) is 0 Å². The molecule has 0 amide bonds. The van der Waals surface area contributed by atoms with E-state index in [1.807, 2.05) is 18.3 Å². The molecule has 1 aliphatic rings. The van der Waals surface area contributed by atoms with Crippen molar-refractivity contribution in [3.8, 4) is 0 Å². The minimum Gasteiger partial charge on any atom is -0.362 e. The van der Waals surface area contributed by atoms with Crippen molar-refractivity contribution in [2.45, 2.75) is 45.8 Å². The summed E-state index contributed by atoms with van der Waals surface area (Å²) in [5.41, 5.74) is 4.76. The summed E-state index contributed by atoms with van der Waals surface area (Å²) in [6.07, 6.45) is 1.84. The minimum atomic E-state index is 0.0634. The summed E-state index contributed by atoms with van der Waals surface area (Å²) in [6.45, 7) is 8.63. The maximum absolute atomic E-state index is 5.64. The first kappa shape index (κ1) is 16.7. The number of thiocarbonyl (C=S) groups is 1. The van der Waals surface area contributed by atoms with Crippen LogP contribution >= 0.6 is 34.8 Å². The molecule has 0 aliphatic carbocycles. The number of nitrogens with one attached hydrogen (secondary N) is 2. The fourth-order valence-electron chi connectivity index (χ4n) is 3.35. The molecule has 2 aromatic heterocycles. The van der Waals surface area contributed by atoms with Crippen LogP contribution in [0.25, 0.3) is 0 Å². The number of H-pyrrole nitrogens is 1. The number of nitrogens with zero attached hydrogens (tertiary/aromatic N) is 2. The molecule has 0 radical (unpaired) electrons. The molecule has 6 heteroatoms. The molecule has 23 heavy (non-hydrogen) atoms. The molecule has 0 aromatic carbocycles. The van der Waals surface area contributed by atoms with Gasteiger partial charge >= 0.3 is 0 Å². The fourth-order valence-corrected chi connectivity index (χ4v) is 4.66. The van der Waals surface area contributed by atoms with E-state index in [4.69, 9.17) is 12.2 Å². The van der Waals surface area contributed by atoms with Crippen LogP contribution in [0.5, 0.6) is 0 Å². The van der Waals surface area contributed by atoms with E-state index in [-0.39, 0.29) is 12.1 Å². The lowest BCUT2D eigenvalue weighted by atomic mass is 9.96. The Bertz CT molecular complexity index is 726. The second-order valence-corrected chi connectivity index (χ2v) is 7.70. The summed E-state index contributed by atoms with van der Waals surface area (Å²) >= 11 is 8.07. The van der Waals surface area contributed by atoms with Crippen LogP contribution < -0.4 is 5.32 Å². The second kappa shape index (κ2) is 6.39. The summed E-state index contributed by atoms with van der Waals surface area (Å²) in [5, 5.41) is 4.29. The number of aromatic nitrogens is 2. The maximum Gasteiger partial charge on any atom is 0.170 e. The molecule has 0 bridgehead atoms. The van der Waals surface area contributed by atoms with Crippen LogP contribution in [0.1, 0.15) is 48.6 Å². The van der Waals surface area contributed by atoms with Gasteiger partial charge in [-0.25, -0.2) is 0 Å². The van der Waals surface area contributed by atoms with Crippen molar-refractivity contribution in [3.63, 3.8) is 0 Å². The maximum atomic E-state index is 5.64. The average Bonchev–Trinajstić information content (AvgIpc) is 2.97. The van der Waals surface area contributed by atoms with Crippen LogP contribution in [0.3, 0.4) is 0 Å². The smallest absolute Gasteiger partial charge is 0.170 e. The first-order valence-electron chi connectivity index (χ1n) is 7.76. The molecule has 122 valence electrons. The number of aromatic amines is 1. The average molecular weight is 440 g/mol. The highest BCUT2D eigenvalue weighted by Crippen LogP contribution is 2.43. The molecular weight excluding hydrogens is 419 g/mol. The highest BCUT2D eigenvalue weighted by Gasteiger charge is 2.43. The third kappa shape index (κ3) is 2.87. The lowest BCUT2D eigenvalue weighted by molar-refractivity contribution is 0.268. The molecule has 3 rings (SSSR count). The summed E-state index contributed by atoms with van der Waals surface area (Å²) in [4.78, 5) is 10.3. The number of hydrogen-bond acceptors (Lipinski definition) is 2. The van der Waals surface area contributed by atoms with Crippen molar-refractivity contribution >= 4 is 39.9 Å². The minimum absolute atomic E-state index is 0.0634. The standard InChI is InChI=1S/C17H21IN4S/c1-9(2)22-16(13-10(3)20-11(4)14(13)18)15(21-17(22)23)12-7-5-6-8-19-12/h5-9,15-16,20H,1-4H3,(H,21,23)/t15-,16+/m1/s1. The molecule has 2 N–H and O–H groups in total. The molecule has 3 heterocycles. The molecule has 2 atom stereocenters. The van der Waals surface area contributed by atoms with Gasteiger partial charge in [0.15, 0.2) is 5.11 Å². The van der Waals surface area contributed by atoms with E-state index in [1.165, 1.54) is 20.5 Å². The van der Waals surface area contributed by atoms with Gasteiger partial charge in [0, 0.05) is 32.8 Å². The van der Waals surface area contributed by atoms with Crippen LogP contribution in [0.2, 0.25) is 0 Å². The SMILES string of the molecule is Cc1[nH]c(C)c([C@H]2[C@@H](c3ccccn3)NC(=S)N2C(C)C)c1I. The van der Waals surface area contributed by atoms with Gasteiger partial charge in [-0.15, -0.1) is 0 Å².